The number of carbonyl (C=O) groups excluding carboxylic acids is 2. The van der Waals surface area contributed by atoms with Crippen LogP contribution in [0.1, 0.15) is 26.3 Å². The highest BCUT2D eigenvalue weighted by molar-refractivity contribution is 6.30. The second kappa shape index (κ2) is 9.76. The fourth-order valence-electron chi connectivity index (χ4n) is 2.74. The molecule has 30 heavy (non-hydrogen) atoms. The van der Waals surface area contributed by atoms with E-state index in [1.807, 2.05) is 0 Å². The molecule has 3 rings (SSSR count). The summed E-state index contributed by atoms with van der Waals surface area (Å²) in [6.07, 6.45) is 3.16. The number of ketones is 1. The van der Waals surface area contributed by atoms with Gasteiger partial charge in [0.1, 0.15) is 22.8 Å². The zero-order valence-electron chi connectivity index (χ0n) is 16.4. The van der Waals surface area contributed by atoms with Gasteiger partial charge in [-0.1, -0.05) is 35.9 Å². The number of carbonyl (C=O) groups is 2. The maximum absolute atomic E-state index is 12.6. The highest BCUT2D eigenvalue weighted by atomic mass is 35.5. The summed E-state index contributed by atoms with van der Waals surface area (Å²) in [5.41, 5.74) is 1.54. The lowest BCUT2D eigenvalue weighted by molar-refractivity contribution is 0.0727. The molecule has 0 aliphatic rings. The van der Waals surface area contributed by atoms with E-state index in [1.165, 1.54) is 20.3 Å². The first-order chi connectivity index (χ1) is 14.5. The molecule has 0 unspecified atom stereocenters. The summed E-state index contributed by atoms with van der Waals surface area (Å²) in [5, 5.41) is 0.575. The standard InChI is InChI=1S/C24H19ClO5/c1-28-21-4-3-5-22(29-2)23(21)24(27)30-19-13-6-16(7-14-19)8-15-20(26)17-9-11-18(25)12-10-17/h3-15H,1-2H3. The number of hydrogen-bond acceptors (Lipinski definition) is 5. The van der Waals surface area contributed by atoms with E-state index < -0.39 is 5.97 Å². The molecule has 152 valence electrons. The Morgan fingerprint density at radius 2 is 1.43 bits per heavy atom. The van der Waals surface area contributed by atoms with Crippen molar-refractivity contribution in [3.8, 4) is 17.2 Å². The second-order valence-corrected chi connectivity index (χ2v) is 6.64. The van der Waals surface area contributed by atoms with Crippen LogP contribution in [0.15, 0.2) is 72.8 Å². The third-order valence-corrected chi connectivity index (χ3v) is 4.53. The molecule has 0 aliphatic carbocycles. The summed E-state index contributed by atoms with van der Waals surface area (Å²) in [6, 6.07) is 18.5. The van der Waals surface area contributed by atoms with E-state index in [0.29, 0.717) is 27.8 Å². The first kappa shape index (κ1) is 21.1. The number of halogens is 1. The van der Waals surface area contributed by atoms with Gasteiger partial charge in [-0.15, -0.1) is 0 Å². The zero-order chi connectivity index (χ0) is 21.5. The maximum atomic E-state index is 12.6. The molecule has 0 aliphatic heterocycles. The van der Waals surface area contributed by atoms with Crippen molar-refractivity contribution < 1.29 is 23.8 Å². The van der Waals surface area contributed by atoms with Crippen LogP contribution >= 0.6 is 11.6 Å². The van der Waals surface area contributed by atoms with Crippen LogP contribution in [-0.2, 0) is 0 Å². The van der Waals surface area contributed by atoms with Crippen LogP contribution in [0.2, 0.25) is 5.02 Å². The lowest BCUT2D eigenvalue weighted by Crippen LogP contribution is -2.11. The van der Waals surface area contributed by atoms with E-state index in [1.54, 1.807) is 72.8 Å². The third-order valence-electron chi connectivity index (χ3n) is 4.28. The molecule has 0 atom stereocenters. The molecule has 0 radical (unpaired) electrons. The van der Waals surface area contributed by atoms with Crippen molar-refractivity contribution in [1.82, 2.24) is 0 Å². The molecule has 6 heteroatoms. The molecule has 0 spiro atoms. The van der Waals surface area contributed by atoms with Gasteiger partial charge in [0, 0.05) is 10.6 Å². The van der Waals surface area contributed by atoms with Crippen molar-refractivity contribution >= 4 is 29.4 Å². The van der Waals surface area contributed by atoms with Gasteiger partial charge in [0.2, 0.25) is 0 Å². The highest BCUT2D eigenvalue weighted by Crippen LogP contribution is 2.29. The molecular weight excluding hydrogens is 404 g/mol. The Hall–Kier alpha value is -3.57. The SMILES string of the molecule is COc1cccc(OC)c1C(=O)Oc1ccc(C=CC(=O)c2ccc(Cl)cc2)cc1. The van der Waals surface area contributed by atoms with Gasteiger partial charge < -0.3 is 14.2 Å². The number of esters is 1. The number of allylic oxidation sites excluding steroid dienone is 1. The average molecular weight is 423 g/mol. The van der Waals surface area contributed by atoms with Gasteiger partial charge in [-0.3, -0.25) is 4.79 Å². The van der Waals surface area contributed by atoms with E-state index in [-0.39, 0.29) is 11.3 Å². The lowest BCUT2D eigenvalue weighted by Gasteiger charge is -2.12. The van der Waals surface area contributed by atoms with E-state index >= 15 is 0 Å². The number of rotatable bonds is 7. The molecule has 0 bridgehead atoms. The molecule has 0 aromatic heterocycles. The Bertz CT molecular complexity index is 1050. The highest BCUT2D eigenvalue weighted by Gasteiger charge is 2.20. The minimum absolute atomic E-state index is 0.134. The van der Waals surface area contributed by atoms with Gasteiger partial charge in [-0.25, -0.2) is 4.79 Å². The van der Waals surface area contributed by atoms with Crippen molar-refractivity contribution in [3.63, 3.8) is 0 Å². The van der Waals surface area contributed by atoms with Crippen LogP contribution < -0.4 is 14.2 Å². The summed E-state index contributed by atoms with van der Waals surface area (Å²) >= 11 is 5.83. The van der Waals surface area contributed by atoms with Crippen LogP contribution in [-0.4, -0.2) is 26.0 Å². The Kier molecular flexibility index (Phi) is 6.88. The van der Waals surface area contributed by atoms with Crippen LogP contribution in [0, 0.1) is 0 Å². The summed E-state index contributed by atoms with van der Waals surface area (Å²) in [6.45, 7) is 0. The van der Waals surface area contributed by atoms with Gasteiger partial charge in [-0.05, 0) is 60.2 Å². The second-order valence-electron chi connectivity index (χ2n) is 6.20. The summed E-state index contributed by atoms with van der Waals surface area (Å²) in [7, 11) is 2.94. The number of ether oxygens (including phenoxy) is 3. The lowest BCUT2D eigenvalue weighted by atomic mass is 10.1. The van der Waals surface area contributed by atoms with Crippen LogP contribution in [0.25, 0.3) is 6.08 Å². The van der Waals surface area contributed by atoms with Crippen molar-refractivity contribution in [3.05, 3.63) is 94.5 Å². The van der Waals surface area contributed by atoms with E-state index in [9.17, 15) is 9.59 Å². The van der Waals surface area contributed by atoms with Crippen molar-refractivity contribution in [2.75, 3.05) is 14.2 Å². The normalized spacial score (nSPS) is 10.6. The van der Waals surface area contributed by atoms with Gasteiger partial charge >= 0.3 is 5.97 Å². The number of benzene rings is 3. The molecule has 3 aromatic rings. The molecule has 0 saturated carbocycles. The minimum atomic E-state index is -0.592. The first-order valence-electron chi connectivity index (χ1n) is 9.03. The monoisotopic (exact) mass is 422 g/mol. The third kappa shape index (κ3) is 5.07. The van der Waals surface area contributed by atoms with Crippen molar-refractivity contribution in [2.45, 2.75) is 0 Å². The maximum Gasteiger partial charge on any atom is 0.351 e. The first-order valence-corrected chi connectivity index (χ1v) is 9.41. The van der Waals surface area contributed by atoms with Gasteiger partial charge in [-0.2, -0.15) is 0 Å². The molecule has 0 heterocycles. The van der Waals surface area contributed by atoms with Crippen molar-refractivity contribution in [1.29, 1.82) is 0 Å². The fourth-order valence-corrected chi connectivity index (χ4v) is 2.87. The Morgan fingerprint density at radius 1 is 0.833 bits per heavy atom. The Morgan fingerprint density at radius 3 is 2.00 bits per heavy atom. The van der Waals surface area contributed by atoms with Gasteiger partial charge in [0.05, 0.1) is 14.2 Å². The minimum Gasteiger partial charge on any atom is -0.496 e. The quantitative estimate of drug-likeness (QED) is 0.218. The molecule has 0 amide bonds. The Balaban J connectivity index is 1.70. The molecule has 0 fully saturated rings. The average Bonchev–Trinajstić information content (AvgIpc) is 2.78. The van der Waals surface area contributed by atoms with Crippen molar-refractivity contribution in [2.24, 2.45) is 0 Å². The predicted molar refractivity (Wildman–Crippen MR) is 116 cm³/mol. The molecule has 0 saturated heterocycles. The van der Waals surface area contributed by atoms with Gasteiger partial charge in [0.25, 0.3) is 0 Å². The summed E-state index contributed by atoms with van der Waals surface area (Å²) < 4.78 is 15.9. The molecule has 3 aromatic carbocycles. The van der Waals surface area contributed by atoms with E-state index in [4.69, 9.17) is 25.8 Å². The summed E-state index contributed by atoms with van der Waals surface area (Å²) in [4.78, 5) is 24.8. The Labute approximate surface area is 179 Å². The smallest absolute Gasteiger partial charge is 0.351 e. The topological polar surface area (TPSA) is 61.8 Å². The van der Waals surface area contributed by atoms with E-state index in [0.717, 1.165) is 5.56 Å². The molecular formula is C24H19ClO5. The van der Waals surface area contributed by atoms with E-state index in [2.05, 4.69) is 0 Å². The number of hydrogen-bond donors (Lipinski definition) is 0. The fraction of sp³-hybridized carbons (Fsp3) is 0.0833. The predicted octanol–water partition coefficient (Wildman–Crippen LogP) is 5.47. The zero-order valence-corrected chi connectivity index (χ0v) is 17.2. The molecule has 5 nitrogen and oxygen atoms in total. The molecule has 0 N–H and O–H groups in total. The number of methoxy groups -OCH3 is 2. The van der Waals surface area contributed by atoms with Gasteiger partial charge in [0.15, 0.2) is 5.78 Å². The van der Waals surface area contributed by atoms with Crippen LogP contribution in [0.4, 0.5) is 0 Å². The summed E-state index contributed by atoms with van der Waals surface area (Å²) in [5.74, 6) is 0.351. The van der Waals surface area contributed by atoms with Crippen LogP contribution in [0.3, 0.4) is 0 Å². The largest absolute Gasteiger partial charge is 0.496 e. The van der Waals surface area contributed by atoms with Crippen LogP contribution in [0.5, 0.6) is 17.2 Å².